The molecule has 1 rings (SSSR count). The van der Waals surface area contributed by atoms with Gasteiger partial charge in [-0.1, -0.05) is 0 Å². The van der Waals surface area contributed by atoms with Gasteiger partial charge in [0, 0.05) is 6.54 Å². The molecular formula is C11H22N2OS. The molecule has 0 radical (unpaired) electrons. The summed E-state index contributed by atoms with van der Waals surface area (Å²) in [5.41, 5.74) is 0. The number of nitrogens with one attached hydrogen (secondary N) is 2. The van der Waals surface area contributed by atoms with Crippen molar-refractivity contribution in [3.63, 3.8) is 0 Å². The lowest BCUT2D eigenvalue weighted by Crippen LogP contribution is -2.44. The molecule has 4 heteroatoms. The average molecular weight is 230 g/mol. The maximum absolute atomic E-state index is 11.4. The lowest BCUT2D eigenvalue weighted by Gasteiger charge is -2.23. The summed E-state index contributed by atoms with van der Waals surface area (Å²) in [4.78, 5) is 11.4. The van der Waals surface area contributed by atoms with Gasteiger partial charge in [-0.2, -0.15) is 11.8 Å². The van der Waals surface area contributed by atoms with E-state index >= 15 is 0 Å². The van der Waals surface area contributed by atoms with E-state index in [2.05, 4.69) is 10.6 Å². The van der Waals surface area contributed by atoms with E-state index in [1.165, 1.54) is 24.3 Å². The molecule has 3 nitrogen and oxygen atoms in total. The Hall–Kier alpha value is -0.220. The number of thioether (sulfide) groups is 1. The van der Waals surface area contributed by atoms with E-state index in [1.54, 1.807) is 0 Å². The molecular weight excluding hydrogens is 208 g/mol. The summed E-state index contributed by atoms with van der Waals surface area (Å²) in [6.45, 7) is 5.58. The van der Waals surface area contributed by atoms with Crippen LogP contribution in [0, 0.1) is 5.92 Å². The highest BCUT2D eigenvalue weighted by molar-refractivity contribution is 7.99. The molecule has 0 aromatic carbocycles. The van der Waals surface area contributed by atoms with Crippen LogP contribution in [0.1, 0.15) is 26.7 Å². The molecule has 0 aromatic heterocycles. The van der Waals surface area contributed by atoms with Crippen LogP contribution in [0.5, 0.6) is 0 Å². The molecule has 1 atom stereocenters. The highest BCUT2D eigenvalue weighted by atomic mass is 32.2. The number of rotatable bonds is 5. The molecule has 1 fully saturated rings. The number of amides is 1. The fraction of sp³-hybridized carbons (Fsp3) is 0.909. The smallest absolute Gasteiger partial charge is 0.236 e. The van der Waals surface area contributed by atoms with Crippen molar-refractivity contribution in [1.29, 1.82) is 0 Å². The molecule has 1 unspecified atom stereocenters. The Balaban J connectivity index is 2.14. The zero-order valence-electron chi connectivity index (χ0n) is 9.71. The van der Waals surface area contributed by atoms with Crippen LogP contribution in [0.3, 0.4) is 0 Å². The zero-order chi connectivity index (χ0) is 11.1. The summed E-state index contributed by atoms with van der Waals surface area (Å²) >= 11 is 2.04. The van der Waals surface area contributed by atoms with Gasteiger partial charge in [0.05, 0.1) is 6.04 Å². The quantitative estimate of drug-likeness (QED) is 0.747. The first-order chi connectivity index (χ1) is 7.24. The summed E-state index contributed by atoms with van der Waals surface area (Å²) in [5.74, 6) is 3.44. The minimum absolute atomic E-state index is 0.0560. The maximum atomic E-state index is 11.4. The molecule has 1 saturated heterocycles. The lowest BCUT2D eigenvalue weighted by molar-refractivity contribution is -0.122. The van der Waals surface area contributed by atoms with Gasteiger partial charge in [-0.3, -0.25) is 4.79 Å². The standard InChI is InChI=1S/C11H22N2OS/c1-3-12-11(14)9(2)13-8-10-4-6-15-7-5-10/h9-10,13H,3-8H2,1-2H3,(H,12,14). The maximum Gasteiger partial charge on any atom is 0.236 e. The summed E-state index contributed by atoms with van der Waals surface area (Å²) in [6, 6.07) is -0.0560. The Kier molecular flexibility index (Phi) is 6.10. The Morgan fingerprint density at radius 2 is 2.13 bits per heavy atom. The van der Waals surface area contributed by atoms with Gasteiger partial charge in [0.15, 0.2) is 0 Å². The zero-order valence-corrected chi connectivity index (χ0v) is 10.5. The van der Waals surface area contributed by atoms with Crippen molar-refractivity contribution in [2.24, 2.45) is 5.92 Å². The second kappa shape index (κ2) is 7.12. The molecule has 0 aromatic rings. The van der Waals surface area contributed by atoms with Gasteiger partial charge >= 0.3 is 0 Å². The predicted octanol–water partition coefficient (Wildman–Crippen LogP) is 1.24. The van der Waals surface area contributed by atoms with E-state index in [0.717, 1.165) is 12.5 Å². The minimum atomic E-state index is -0.0560. The predicted molar refractivity (Wildman–Crippen MR) is 66.2 cm³/mol. The minimum Gasteiger partial charge on any atom is -0.355 e. The lowest BCUT2D eigenvalue weighted by atomic mass is 10.0. The van der Waals surface area contributed by atoms with E-state index in [4.69, 9.17) is 0 Å². The molecule has 0 saturated carbocycles. The summed E-state index contributed by atoms with van der Waals surface area (Å²) in [5, 5.41) is 6.14. The van der Waals surface area contributed by atoms with Gasteiger partial charge in [-0.15, -0.1) is 0 Å². The second-order valence-electron chi connectivity index (χ2n) is 4.08. The molecule has 1 aliphatic heterocycles. The first kappa shape index (κ1) is 12.8. The van der Waals surface area contributed by atoms with Gasteiger partial charge in [0.25, 0.3) is 0 Å². The third kappa shape index (κ3) is 4.89. The Labute approximate surface area is 96.8 Å². The van der Waals surface area contributed by atoms with E-state index < -0.39 is 0 Å². The SMILES string of the molecule is CCNC(=O)C(C)NCC1CCSCC1. The van der Waals surface area contributed by atoms with Crippen molar-refractivity contribution in [1.82, 2.24) is 10.6 Å². The second-order valence-corrected chi connectivity index (χ2v) is 5.31. The van der Waals surface area contributed by atoms with E-state index in [0.29, 0.717) is 6.54 Å². The number of hydrogen-bond donors (Lipinski definition) is 2. The highest BCUT2D eigenvalue weighted by Crippen LogP contribution is 2.21. The van der Waals surface area contributed by atoms with Crippen molar-refractivity contribution < 1.29 is 4.79 Å². The van der Waals surface area contributed by atoms with Crippen LogP contribution in [0.25, 0.3) is 0 Å². The van der Waals surface area contributed by atoms with Crippen LogP contribution < -0.4 is 10.6 Å². The third-order valence-corrected chi connectivity index (χ3v) is 3.85. The number of likely N-dealkylation sites (N-methyl/N-ethyl adjacent to an activating group) is 1. The van der Waals surface area contributed by atoms with Gasteiger partial charge in [-0.05, 0) is 50.7 Å². The van der Waals surface area contributed by atoms with Crippen LogP contribution >= 0.6 is 11.8 Å². The third-order valence-electron chi connectivity index (χ3n) is 2.80. The Bertz CT molecular complexity index is 193. The molecule has 88 valence electrons. The van der Waals surface area contributed by atoms with Crippen LogP contribution in [0.15, 0.2) is 0 Å². The van der Waals surface area contributed by atoms with Gasteiger partial charge in [0.1, 0.15) is 0 Å². The Morgan fingerprint density at radius 3 is 2.73 bits per heavy atom. The number of carbonyl (C=O) groups is 1. The Morgan fingerprint density at radius 1 is 1.47 bits per heavy atom. The van der Waals surface area contributed by atoms with Crippen molar-refractivity contribution in [3.05, 3.63) is 0 Å². The molecule has 15 heavy (non-hydrogen) atoms. The molecule has 0 bridgehead atoms. The molecule has 2 N–H and O–H groups in total. The topological polar surface area (TPSA) is 41.1 Å². The van der Waals surface area contributed by atoms with Crippen molar-refractivity contribution in [2.45, 2.75) is 32.7 Å². The highest BCUT2D eigenvalue weighted by Gasteiger charge is 2.16. The van der Waals surface area contributed by atoms with Gasteiger partial charge < -0.3 is 10.6 Å². The van der Waals surface area contributed by atoms with Crippen molar-refractivity contribution in [2.75, 3.05) is 24.6 Å². The van der Waals surface area contributed by atoms with Crippen LogP contribution in [-0.2, 0) is 4.79 Å². The van der Waals surface area contributed by atoms with Crippen molar-refractivity contribution >= 4 is 17.7 Å². The fourth-order valence-corrected chi connectivity index (χ4v) is 2.92. The van der Waals surface area contributed by atoms with E-state index in [1.807, 2.05) is 25.6 Å². The largest absolute Gasteiger partial charge is 0.355 e. The summed E-state index contributed by atoms with van der Waals surface area (Å²) in [6.07, 6.45) is 2.58. The summed E-state index contributed by atoms with van der Waals surface area (Å²) in [7, 11) is 0. The van der Waals surface area contributed by atoms with Crippen LogP contribution in [0.4, 0.5) is 0 Å². The fourth-order valence-electron chi connectivity index (χ4n) is 1.71. The van der Waals surface area contributed by atoms with Crippen LogP contribution in [-0.4, -0.2) is 36.5 Å². The average Bonchev–Trinajstić information content (AvgIpc) is 2.27. The normalized spacial score (nSPS) is 19.9. The first-order valence-corrected chi connectivity index (χ1v) is 6.98. The number of hydrogen-bond acceptors (Lipinski definition) is 3. The molecule has 0 aliphatic carbocycles. The molecule has 1 amide bonds. The van der Waals surface area contributed by atoms with Crippen molar-refractivity contribution in [3.8, 4) is 0 Å². The first-order valence-electron chi connectivity index (χ1n) is 5.83. The van der Waals surface area contributed by atoms with Crippen LogP contribution in [0.2, 0.25) is 0 Å². The molecule has 1 heterocycles. The van der Waals surface area contributed by atoms with Gasteiger partial charge in [0.2, 0.25) is 5.91 Å². The summed E-state index contributed by atoms with van der Waals surface area (Å²) < 4.78 is 0. The van der Waals surface area contributed by atoms with Gasteiger partial charge in [-0.25, -0.2) is 0 Å². The molecule has 0 spiro atoms. The van der Waals surface area contributed by atoms with E-state index in [-0.39, 0.29) is 11.9 Å². The number of carbonyl (C=O) groups excluding carboxylic acids is 1. The molecule has 1 aliphatic rings. The van der Waals surface area contributed by atoms with E-state index in [9.17, 15) is 4.79 Å². The monoisotopic (exact) mass is 230 g/mol.